The average Bonchev–Trinajstić information content (AvgIpc) is 2.46. The third-order valence-corrected chi connectivity index (χ3v) is 5.50. The van der Waals surface area contributed by atoms with E-state index in [0.717, 1.165) is 36.8 Å². The maximum Gasteiger partial charge on any atom is 0.261 e. The summed E-state index contributed by atoms with van der Waals surface area (Å²) in [5.74, 6) is 0.495. The van der Waals surface area contributed by atoms with Gasteiger partial charge in [0.15, 0.2) is 0 Å². The number of nitrogens with zero attached hydrogens (tertiary/aromatic N) is 2. The minimum atomic E-state index is -3.70. The van der Waals surface area contributed by atoms with Crippen LogP contribution in [0.25, 0.3) is 10.9 Å². The van der Waals surface area contributed by atoms with Gasteiger partial charge in [0.1, 0.15) is 0 Å². The van der Waals surface area contributed by atoms with Crippen LogP contribution in [-0.2, 0) is 9.05 Å². The number of rotatable bonds is 2. The van der Waals surface area contributed by atoms with Gasteiger partial charge in [0.05, 0.1) is 10.4 Å². The van der Waals surface area contributed by atoms with Gasteiger partial charge in [-0.05, 0) is 68.7 Å². The molecular weight excluding hydrogens is 308 g/mol. The molecule has 2 heterocycles. The summed E-state index contributed by atoms with van der Waals surface area (Å²) in [5, 5.41) is 0.827. The van der Waals surface area contributed by atoms with Crippen molar-refractivity contribution in [1.29, 1.82) is 0 Å². The summed E-state index contributed by atoms with van der Waals surface area (Å²) in [6.45, 7) is 2.16. The lowest BCUT2D eigenvalue weighted by Gasteiger charge is -2.29. The van der Waals surface area contributed by atoms with Crippen LogP contribution >= 0.6 is 10.7 Å². The van der Waals surface area contributed by atoms with E-state index in [9.17, 15) is 8.42 Å². The number of halogens is 1. The smallest absolute Gasteiger partial charge is 0.261 e. The number of pyridine rings is 1. The molecule has 4 nitrogen and oxygen atoms in total. The third kappa shape index (κ3) is 3.20. The number of hydrogen-bond acceptors (Lipinski definition) is 4. The first-order valence-electron chi connectivity index (χ1n) is 6.96. The summed E-state index contributed by atoms with van der Waals surface area (Å²) >= 11 is 0. The highest BCUT2D eigenvalue weighted by atomic mass is 35.7. The summed E-state index contributed by atoms with van der Waals surface area (Å²) in [4.78, 5) is 6.89. The van der Waals surface area contributed by atoms with E-state index in [1.807, 2.05) is 12.3 Å². The SMILES string of the molecule is CN1CCC(c2cnc3ccc(S(=O)(=O)Cl)cc3c2)CC1. The second kappa shape index (κ2) is 5.55. The monoisotopic (exact) mass is 324 g/mol. The maximum atomic E-state index is 11.4. The predicted octanol–water partition coefficient (Wildman–Crippen LogP) is 2.97. The molecule has 1 aromatic carbocycles. The lowest BCUT2D eigenvalue weighted by molar-refractivity contribution is 0.255. The largest absolute Gasteiger partial charge is 0.306 e. The summed E-state index contributed by atoms with van der Waals surface area (Å²) in [6, 6.07) is 6.84. The third-order valence-electron chi connectivity index (χ3n) is 4.15. The van der Waals surface area contributed by atoms with Gasteiger partial charge in [0.2, 0.25) is 0 Å². The van der Waals surface area contributed by atoms with Crippen LogP contribution < -0.4 is 0 Å². The Kier molecular flexibility index (Phi) is 3.90. The summed E-state index contributed by atoms with van der Waals surface area (Å²) < 4.78 is 22.9. The molecule has 0 radical (unpaired) electrons. The Hall–Kier alpha value is -1.17. The van der Waals surface area contributed by atoms with Crippen molar-refractivity contribution in [3.8, 4) is 0 Å². The van der Waals surface area contributed by atoms with Crippen molar-refractivity contribution in [3.05, 3.63) is 36.0 Å². The summed E-state index contributed by atoms with van der Waals surface area (Å²) in [7, 11) is 3.84. The van der Waals surface area contributed by atoms with Crippen molar-refractivity contribution in [2.45, 2.75) is 23.7 Å². The van der Waals surface area contributed by atoms with Crippen LogP contribution in [0.4, 0.5) is 0 Å². The van der Waals surface area contributed by atoms with Gasteiger partial charge in [-0.3, -0.25) is 4.98 Å². The fraction of sp³-hybridized carbons (Fsp3) is 0.400. The van der Waals surface area contributed by atoms with E-state index in [1.165, 1.54) is 11.6 Å². The van der Waals surface area contributed by atoms with E-state index in [2.05, 4.69) is 16.9 Å². The van der Waals surface area contributed by atoms with Gasteiger partial charge in [-0.25, -0.2) is 8.42 Å². The topological polar surface area (TPSA) is 50.3 Å². The fourth-order valence-corrected chi connectivity index (χ4v) is 3.63. The van der Waals surface area contributed by atoms with E-state index < -0.39 is 9.05 Å². The van der Waals surface area contributed by atoms with Crippen LogP contribution in [0.15, 0.2) is 35.4 Å². The minimum absolute atomic E-state index is 0.124. The van der Waals surface area contributed by atoms with Gasteiger partial charge >= 0.3 is 0 Å². The van der Waals surface area contributed by atoms with Crippen LogP contribution in [0.3, 0.4) is 0 Å². The molecule has 1 aliphatic rings. The van der Waals surface area contributed by atoms with Gasteiger partial charge in [-0.1, -0.05) is 0 Å². The lowest BCUT2D eigenvalue weighted by Crippen LogP contribution is -2.29. The van der Waals surface area contributed by atoms with Crippen LogP contribution in [-0.4, -0.2) is 38.4 Å². The van der Waals surface area contributed by atoms with Gasteiger partial charge in [-0.2, -0.15) is 0 Å². The Bertz CT molecular complexity index is 768. The van der Waals surface area contributed by atoms with E-state index >= 15 is 0 Å². The molecule has 3 rings (SSSR count). The Labute approximate surface area is 129 Å². The van der Waals surface area contributed by atoms with Gasteiger partial charge in [-0.15, -0.1) is 0 Å². The first kappa shape index (κ1) is 14.8. The average molecular weight is 325 g/mol. The van der Waals surface area contributed by atoms with Crippen LogP contribution in [0.5, 0.6) is 0 Å². The molecule has 1 saturated heterocycles. The number of aromatic nitrogens is 1. The zero-order chi connectivity index (χ0) is 15.0. The number of benzene rings is 1. The first-order valence-corrected chi connectivity index (χ1v) is 9.27. The van der Waals surface area contributed by atoms with Crippen molar-refractivity contribution in [2.24, 2.45) is 0 Å². The molecule has 112 valence electrons. The maximum absolute atomic E-state index is 11.4. The number of hydrogen-bond donors (Lipinski definition) is 0. The Balaban J connectivity index is 1.98. The molecule has 0 unspecified atom stereocenters. The van der Waals surface area contributed by atoms with Crippen molar-refractivity contribution < 1.29 is 8.42 Å². The van der Waals surface area contributed by atoms with Crippen molar-refractivity contribution in [3.63, 3.8) is 0 Å². The van der Waals surface area contributed by atoms with E-state index in [0.29, 0.717) is 5.92 Å². The van der Waals surface area contributed by atoms with Gasteiger partial charge in [0.25, 0.3) is 9.05 Å². The van der Waals surface area contributed by atoms with E-state index in [-0.39, 0.29) is 4.90 Å². The predicted molar refractivity (Wildman–Crippen MR) is 84.3 cm³/mol. The minimum Gasteiger partial charge on any atom is -0.306 e. The number of fused-ring (bicyclic) bond motifs is 1. The molecule has 1 aliphatic heterocycles. The van der Waals surface area contributed by atoms with Gasteiger partial charge < -0.3 is 4.90 Å². The van der Waals surface area contributed by atoms with Crippen molar-refractivity contribution in [1.82, 2.24) is 9.88 Å². The van der Waals surface area contributed by atoms with Crippen molar-refractivity contribution in [2.75, 3.05) is 20.1 Å². The fourth-order valence-electron chi connectivity index (χ4n) is 2.84. The zero-order valence-corrected chi connectivity index (χ0v) is 13.4. The van der Waals surface area contributed by atoms with Crippen LogP contribution in [0.1, 0.15) is 24.3 Å². The molecule has 6 heteroatoms. The summed E-state index contributed by atoms with van der Waals surface area (Å²) in [6.07, 6.45) is 4.13. The number of piperidine rings is 1. The van der Waals surface area contributed by atoms with Crippen LogP contribution in [0, 0.1) is 0 Å². The summed E-state index contributed by atoms with van der Waals surface area (Å²) in [5.41, 5.74) is 1.97. The molecule has 0 aliphatic carbocycles. The Morgan fingerprint density at radius 3 is 2.62 bits per heavy atom. The Morgan fingerprint density at radius 2 is 1.95 bits per heavy atom. The standard InChI is InChI=1S/C15H17ClN2O2S/c1-18-6-4-11(5-7-18)13-8-12-9-14(21(16,19)20)2-3-15(12)17-10-13/h2-3,8-11H,4-7H2,1H3. The van der Waals surface area contributed by atoms with Gasteiger partial charge in [0, 0.05) is 22.3 Å². The van der Waals surface area contributed by atoms with E-state index in [4.69, 9.17) is 10.7 Å². The lowest BCUT2D eigenvalue weighted by atomic mass is 9.90. The molecule has 21 heavy (non-hydrogen) atoms. The van der Waals surface area contributed by atoms with E-state index in [1.54, 1.807) is 12.1 Å². The zero-order valence-electron chi connectivity index (χ0n) is 11.8. The quantitative estimate of drug-likeness (QED) is 0.797. The van der Waals surface area contributed by atoms with Crippen LogP contribution in [0.2, 0.25) is 0 Å². The van der Waals surface area contributed by atoms with Crippen molar-refractivity contribution >= 4 is 30.6 Å². The highest BCUT2D eigenvalue weighted by Crippen LogP contribution is 2.29. The molecule has 0 atom stereocenters. The second-order valence-corrected chi connectivity index (χ2v) is 8.20. The Morgan fingerprint density at radius 1 is 1.24 bits per heavy atom. The molecule has 0 spiro atoms. The molecule has 1 aromatic heterocycles. The normalized spacial score (nSPS) is 18.2. The molecule has 0 amide bonds. The molecule has 0 N–H and O–H groups in total. The first-order chi connectivity index (χ1) is 9.93. The molecular formula is C15H17ClN2O2S. The molecule has 0 saturated carbocycles. The highest BCUT2D eigenvalue weighted by Gasteiger charge is 2.19. The highest BCUT2D eigenvalue weighted by molar-refractivity contribution is 8.13. The second-order valence-electron chi connectivity index (χ2n) is 5.64. The molecule has 2 aromatic rings. The number of likely N-dealkylation sites (tertiary alicyclic amines) is 1. The molecule has 1 fully saturated rings. The molecule has 0 bridgehead atoms.